The number of unbranched alkanes of at least 4 members (excludes halogenated alkanes) is 3. The van der Waals surface area contributed by atoms with Gasteiger partial charge in [0.2, 0.25) is 0 Å². The molecule has 162 valence electrons. The van der Waals surface area contributed by atoms with Crippen LogP contribution in [0.3, 0.4) is 0 Å². The normalized spacial score (nSPS) is 13.1. The number of rotatable bonds is 13. The second kappa shape index (κ2) is 12.1. The first-order valence-corrected chi connectivity index (χ1v) is 22.1. The fourth-order valence-electron chi connectivity index (χ4n) is 3.65. The first-order chi connectivity index (χ1) is 13.1. The Kier molecular flexibility index (Phi) is 11.3. The Hall–Kier alpha value is 0.126. The summed E-state index contributed by atoms with van der Waals surface area (Å²) in [6.07, 6.45) is 10.4. The van der Waals surface area contributed by atoms with Gasteiger partial charge in [0.25, 0.3) is 0 Å². The molecule has 2 nitrogen and oxygen atoms in total. The monoisotopic (exact) mass is 513 g/mol. The molecule has 0 fully saturated rings. The van der Waals surface area contributed by atoms with Gasteiger partial charge in [0.15, 0.2) is 0 Å². The summed E-state index contributed by atoms with van der Waals surface area (Å²) < 4.78 is 12.6. The fourth-order valence-corrected chi connectivity index (χ4v) is 20.2. The summed E-state index contributed by atoms with van der Waals surface area (Å²) in [7, 11) is -1.72. The third-order valence-corrected chi connectivity index (χ3v) is 26.9. The van der Waals surface area contributed by atoms with Crippen molar-refractivity contribution in [2.75, 3.05) is 0 Å². The molecule has 4 heteroatoms. The van der Waals surface area contributed by atoms with Crippen molar-refractivity contribution in [1.82, 2.24) is 4.98 Å². The molecule has 0 aliphatic heterocycles. The van der Waals surface area contributed by atoms with Crippen LogP contribution in [0.25, 0.3) is 0 Å². The van der Waals surface area contributed by atoms with Gasteiger partial charge < -0.3 is 0 Å². The molecule has 28 heavy (non-hydrogen) atoms. The summed E-state index contributed by atoms with van der Waals surface area (Å²) in [5, 5.41) is 0.249. The van der Waals surface area contributed by atoms with Gasteiger partial charge in [-0.2, -0.15) is 0 Å². The summed E-state index contributed by atoms with van der Waals surface area (Å²) in [4.78, 5) is 4.90. The average molecular weight is 512 g/mol. The molecular formula is C24H47NOSiSn. The van der Waals surface area contributed by atoms with Crippen molar-refractivity contribution in [2.45, 2.75) is 118 Å². The zero-order valence-corrected chi connectivity index (χ0v) is 24.0. The van der Waals surface area contributed by atoms with Crippen LogP contribution in [-0.2, 0) is 11.0 Å². The van der Waals surface area contributed by atoms with Gasteiger partial charge in [-0.1, -0.05) is 0 Å². The van der Waals surface area contributed by atoms with E-state index in [9.17, 15) is 0 Å². The van der Waals surface area contributed by atoms with Crippen LogP contribution in [0.2, 0.25) is 31.4 Å². The Morgan fingerprint density at radius 3 is 1.75 bits per heavy atom. The second-order valence-corrected chi connectivity index (χ2v) is 28.2. The van der Waals surface area contributed by atoms with Gasteiger partial charge >= 0.3 is 182 Å². The van der Waals surface area contributed by atoms with Gasteiger partial charge in [-0.25, -0.2) is 0 Å². The van der Waals surface area contributed by atoms with E-state index >= 15 is 0 Å². The Morgan fingerprint density at radius 2 is 1.39 bits per heavy atom. The van der Waals surface area contributed by atoms with E-state index in [0.29, 0.717) is 6.61 Å². The standard InChI is InChI=1S/C12H20NOSi.3C4H9.Sn/c1-12(2,3)15(4,5)14-10-11-8-6-7-9-13-11;3*1-3-4-2;/h6,8-9H,10H2,1-5H3;3*1,3-4H2,2H3;. The molecule has 1 aromatic heterocycles. The van der Waals surface area contributed by atoms with Crippen LogP contribution in [-0.4, -0.2) is 31.7 Å². The van der Waals surface area contributed by atoms with E-state index in [0.717, 1.165) is 5.69 Å². The number of hydrogen-bond donors (Lipinski definition) is 0. The van der Waals surface area contributed by atoms with Crippen LogP contribution in [0.4, 0.5) is 0 Å². The summed E-state index contributed by atoms with van der Waals surface area (Å²) in [5.41, 5.74) is 1.11. The van der Waals surface area contributed by atoms with Crippen molar-refractivity contribution in [1.29, 1.82) is 0 Å². The minimum atomic E-state index is -2.34. The van der Waals surface area contributed by atoms with Crippen molar-refractivity contribution in [3.63, 3.8) is 0 Å². The van der Waals surface area contributed by atoms with Gasteiger partial charge in [-0.15, -0.1) is 0 Å². The molecule has 0 amide bonds. The van der Waals surface area contributed by atoms with Crippen molar-refractivity contribution >= 4 is 30.3 Å². The summed E-state index contributed by atoms with van der Waals surface area (Å²) in [6.45, 7) is 19.2. The molecule has 0 aliphatic rings. The maximum absolute atomic E-state index is 6.39. The van der Waals surface area contributed by atoms with E-state index in [1.807, 2.05) is 0 Å². The Balaban J connectivity index is 2.99. The molecule has 0 saturated heterocycles. The second-order valence-electron chi connectivity index (χ2n) is 10.2. The summed E-state index contributed by atoms with van der Waals surface area (Å²) >= 11 is -2.34. The van der Waals surface area contributed by atoms with Crippen LogP contribution < -0.4 is 3.58 Å². The van der Waals surface area contributed by atoms with E-state index in [1.165, 1.54) is 51.8 Å². The van der Waals surface area contributed by atoms with Gasteiger partial charge in [0, 0.05) is 0 Å². The third-order valence-electron chi connectivity index (χ3n) is 6.85. The molecular weight excluding hydrogens is 465 g/mol. The van der Waals surface area contributed by atoms with Gasteiger partial charge in [0.1, 0.15) is 0 Å². The molecule has 1 heterocycles. The zero-order valence-electron chi connectivity index (χ0n) is 20.2. The molecule has 0 aliphatic carbocycles. The van der Waals surface area contributed by atoms with Gasteiger partial charge in [0.05, 0.1) is 0 Å². The molecule has 0 unspecified atom stereocenters. The van der Waals surface area contributed by atoms with Crippen LogP contribution in [0.15, 0.2) is 18.3 Å². The molecule has 0 spiro atoms. The van der Waals surface area contributed by atoms with Crippen LogP contribution in [0.5, 0.6) is 0 Å². The van der Waals surface area contributed by atoms with Crippen molar-refractivity contribution in [2.24, 2.45) is 0 Å². The minimum absolute atomic E-state index is 0.249. The van der Waals surface area contributed by atoms with Crippen molar-refractivity contribution in [3.8, 4) is 0 Å². The predicted molar refractivity (Wildman–Crippen MR) is 131 cm³/mol. The summed E-state index contributed by atoms with van der Waals surface area (Å²) in [5.74, 6) is 0. The van der Waals surface area contributed by atoms with Crippen LogP contribution in [0.1, 0.15) is 85.8 Å². The molecule has 0 bridgehead atoms. The Bertz CT molecular complexity index is 529. The van der Waals surface area contributed by atoms with E-state index < -0.39 is 26.7 Å². The Labute approximate surface area is 181 Å². The van der Waals surface area contributed by atoms with E-state index in [1.54, 1.807) is 3.58 Å². The van der Waals surface area contributed by atoms with Crippen LogP contribution >= 0.6 is 0 Å². The third kappa shape index (κ3) is 7.75. The fraction of sp³-hybridized carbons (Fsp3) is 0.792. The zero-order chi connectivity index (χ0) is 21.3. The molecule has 1 rings (SSSR count). The topological polar surface area (TPSA) is 22.1 Å². The maximum atomic E-state index is 6.39. The predicted octanol–water partition coefficient (Wildman–Crippen LogP) is 7.66. The van der Waals surface area contributed by atoms with Crippen molar-refractivity contribution in [3.05, 3.63) is 24.0 Å². The van der Waals surface area contributed by atoms with Gasteiger partial charge in [-0.3, -0.25) is 0 Å². The average Bonchev–Trinajstić information content (AvgIpc) is 2.66. The quantitative estimate of drug-likeness (QED) is 0.253. The SMILES string of the molecule is CCC[CH2][Sn]([CH2]CCC)([CH2]CCC)[c]1ccc(CO[Si](C)(C)C(C)(C)C)nc1. The first kappa shape index (κ1) is 26.2. The number of aromatic nitrogens is 1. The molecule has 0 radical (unpaired) electrons. The number of pyridine rings is 1. The van der Waals surface area contributed by atoms with Crippen LogP contribution in [0, 0.1) is 0 Å². The molecule has 0 aromatic carbocycles. The number of nitrogens with zero attached hydrogens (tertiary/aromatic N) is 1. The van der Waals surface area contributed by atoms with Gasteiger partial charge in [-0.05, 0) is 0 Å². The first-order valence-electron chi connectivity index (χ1n) is 11.7. The van der Waals surface area contributed by atoms with E-state index in [-0.39, 0.29) is 5.04 Å². The Morgan fingerprint density at radius 1 is 0.893 bits per heavy atom. The van der Waals surface area contributed by atoms with Crippen molar-refractivity contribution < 1.29 is 4.43 Å². The molecule has 0 saturated carbocycles. The number of hydrogen-bond acceptors (Lipinski definition) is 2. The molecule has 1 aromatic rings. The van der Waals surface area contributed by atoms with E-state index in [4.69, 9.17) is 9.41 Å². The molecule has 0 atom stereocenters. The van der Waals surface area contributed by atoms with E-state index in [2.05, 4.69) is 73.0 Å². The summed E-state index contributed by atoms with van der Waals surface area (Å²) in [6, 6.07) is 4.73. The molecule has 0 N–H and O–H groups in total.